The zero-order chi connectivity index (χ0) is 27.8. The van der Waals surface area contributed by atoms with E-state index in [1.165, 1.54) is 0 Å². The second-order valence-electron chi connectivity index (χ2n) is 11.1. The van der Waals surface area contributed by atoms with Crippen molar-refractivity contribution < 1.29 is 19.4 Å². The number of piperidine rings is 1. The highest BCUT2D eigenvalue weighted by Gasteiger charge is 2.41. The van der Waals surface area contributed by atoms with Crippen LogP contribution in [0.5, 0.6) is 0 Å². The quantitative estimate of drug-likeness (QED) is 0.271. The molecule has 0 aromatic rings. The number of nitrogens with zero attached hydrogens (tertiary/aromatic N) is 1. The molecular formula is C30H50N4O4. The second kappa shape index (κ2) is 14.2. The number of aliphatic hydroxyl groups is 1. The van der Waals surface area contributed by atoms with Gasteiger partial charge in [0.05, 0.1) is 18.3 Å². The summed E-state index contributed by atoms with van der Waals surface area (Å²) in [4.78, 5) is 16.2. The molecule has 1 amide bonds. The normalized spacial score (nSPS) is 24.4. The van der Waals surface area contributed by atoms with Crippen LogP contribution in [0.2, 0.25) is 0 Å². The summed E-state index contributed by atoms with van der Waals surface area (Å²) in [5, 5.41) is 20.2. The SMILES string of the molecule is CCNC1=CC2OC(C3CCN(C(C)C)CC3)=CC2C(C(=O)NCC(C)C(O)N/C(C)=C\COC)=C1CC. The van der Waals surface area contributed by atoms with Gasteiger partial charge in [-0.25, -0.2) is 0 Å². The third-order valence-corrected chi connectivity index (χ3v) is 7.97. The molecule has 3 rings (SSSR count). The maximum atomic E-state index is 13.7. The van der Waals surface area contributed by atoms with Crippen molar-refractivity contribution in [2.45, 2.75) is 79.2 Å². The molecule has 8 heteroatoms. The Balaban J connectivity index is 1.74. The number of likely N-dealkylation sites (N-methyl/N-ethyl adjacent to an activating group) is 1. The van der Waals surface area contributed by atoms with Gasteiger partial charge in [-0.2, -0.15) is 0 Å². The number of methoxy groups -OCH3 is 1. The zero-order valence-electron chi connectivity index (χ0n) is 24.5. The molecule has 1 saturated heterocycles. The first-order chi connectivity index (χ1) is 18.2. The molecule has 2 heterocycles. The number of ether oxygens (including phenoxy) is 2. The lowest BCUT2D eigenvalue weighted by Crippen LogP contribution is -2.42. The number of rotatable bonds is 13. The summed E-state index contributed by atoms with van der Waals surface area (Å²) >= 11 is 0. The molecule has 0 radical (unpaired) electrons. The van der Waals surface area contributed by atoms with Gasteiger partial charge in [0, 0.05) is 55.0 Å². The van der Waals surface area contributed by atoms with E-state index in [0.717, 1.165) is 67.2 Å². The highest BCUT2D eigenvalue weighted by Crippen LogP contribution is 2.42. The van der Waals surface area contributed by atoms with E-state index in [9.17, 15) is 9.90 Å². The van der Waals surface area contributed by atoms with Crippen LogP contribution in [0.3, 0.4) is 0 Å². The smallest absolute Gasteiger partial charge is 0.248 e. The summed E-state index contributed by atoms with van der Waals surface area (Å²) in [5.74, 6) is 1.08. The Hall–Kier alpha value is -2.29. The van der Waals surface area contributed by atoms with Crippen molar-refractivity contribution in [3.63, 3.8) is 0 Å². The van der Waals surface area contributed by atoms with Crippen LogP contribution in [0, 0.1) is 17.8 Å². The fraction of sp³-hybridized carbons (Fsp3) is 0.700. The van der Waals surface area contributed by atoms with Crippen molar-refractivity contribution in [2.75, 3.05) is 39.9 Å². The van der Waals surface area contributed by atoms with E-state index in [0.29, 0.717) is 25.1 Å². The first kappa shape index (κ1) is 30.3. The van der Waals surface area contributed by atoms with Gasteiger partial charge in [0.2, 0.25) is 5.91 Å². The largest absolute Gasteiger partial charge is 0.490 e. The maximum absolute atomic E-state index is 13.7. The number of amides is 1. The zero-order valence-corrected chi connectivity index (χ0v) is 24.5. The molecule has 1 aliphatic carbocycles. The molecule has 38 heavy (non-hydrogen) atoms. The van der Waals surface area contributed by atoms with Gasteiger partial charge in [0.1, 0.15) is 12.3 Å². The predicted molar refractivity (Wildman–Crippen MR) is 152 cm³/mol. The molecule has 0 aromatic heterocycles. The van der Waals surface area contributed by atoms with Gasteiger partial charge < -0.3 is 35.4 Å². The van der Waals surface area contributed by atoms with E-state index in [4.69, 9.17) is 9.47 Å². The van der Waals surface area contributed by atoms with Crippen LogP contribution in [0.25, 0.3) is 0 Å². The van der Waals surface area contributed by atoms with Crippen LogP contribution >= 0.6 is 0 Å². The van der Waals surface area contributed by atoms with E-state index in [1.807, 2.05) is 19.9 Å². The number of hydrogen-bond acceptors (Lipinski definition) is 7. The lowest BCUT2D eigenvalue weighted by atomic mass is 9.81. The Labute approximate surface area is 229 Å². The first-order valence-electron chi connectivity index (χ1n) is 14.4. The minimum absolute atomic E-state index is 0.0817. The summed E-state index contributed by atoms with van der Waals surface area (Å²) in [6.45, 7) is 16.3. The van der Waals surface area contributed by atoms with Crippen LogP contribution in [0.15, 0.2) is 46.5 Å². The van der Waals surface area contributed by atoms with Crippen molar-refractivity contribution in [3.8, 4) is 0 Å². The van der Waals surface area contributed by atoms with Gasteiger partial charge in [-0.15, -0.1) is 0 Å². The highest BCUT2D eigenvalue weighted by molar-refractivity contribution is 5.96. The van der Waals surface area contributed by atoms with Crippen LogP contribution in [0.1, 0.15) is 60.8 Å². The number of hydrogen-bond donors (Lipinski definition) is 4. The average molecular weight is 531 g/mol. The number of allylic oxidation sites excluding steroid dienone is 3. The molecule has 0 aromatic carbocycles. The van der Waals surface area contributed by atoms with Crippen molar-refractivity contribution in [3.05, 3.63) is 46.5 Å². The standard InChI is InChI=1S/C30H50N4O4/c1-8-23-25(31-9-2)17-27-24(16-26(38-27)22-10-13-34(14-11-22)19(3)4)28(23)30(36)32-18-20(5)29(35)33-21(6)12-15-37-7/h12,16-17,19-20,22,24,27,29,31,33,35H,8-11,13-15,18H2,1-7H3,(H,32,36)/b21-12-. The van der Waals surface area contributed by atoms with Gasteiger partial charge >= 0.3 is 0 Å². The minimum Gasteiger partial charge on any atom is -0.490 e. The monoisotopic (exact) mass is 530 g/mol. The topological polar surface area (TPSA) is 95.1 Å². The van der Waals surface area contributed by atoms with Crippen LogP contribution in [0.4, 0.5) is 0 Å². The number of fused-ring (bicyclic) bond motifs is 1. The Morgan fingerprint density at radius 2 is 1.95 bits per heavy atom. The molecular weight excluding hydrogens is 480 g/mol. The average Bonchev–Trinajstić information content (AvgIpc) is 3.33. The first-order valence-corrected chi connectivity index (χ1v) is 14.4. The molecule has 1 fully saturated rings. The van der Waals surface area contributed by atoms with Gasteiger partial charge in [0.25, 0.3) is 0 Å². The molecule has 0 saturated carbocycles. The van der Waals surface area contributed by atoms with E-state index < -0.39 is 6.23 Å². The molecule has 4 atom stereocenters. The molecule has 214 valence electrons. The lowest BCUT2D eigenvalue weighted by Gasteiger charge is -2.35. The predicted octanol–water partition coefficient (Wildman–Crippen LogP) is 3.43. The summed E-state index contributed by atoms with van der Waals surface area (Å²) in [6, 6.07) is 0.564. The Bertz CT molecular complexity index is 931. The molecule has 4 unspecified atom stereocenters. The van der Waals surface area contributed by atoms with Gasteiger partial charge in [0.15, 0.2) is 0 Å². The Morgan fingerprint density at radius 3 is 2.55 bits per heavy atom. The van der Waals surface area contributed by atoms with Gasteiger partial charge in [-0.3, -0.25) is 4.79 Å². The van der Waals surface area contributed by atoms with Crippen LogP contribution in [-0.4, -0.2) is 74.2 Å². The van der Waals surface area contributed by atoms with Crippen LogP contribution < -0.4 is 16.0 Å². The Morgan fingerprint density at radius 1 is 1.24 bits per heavy atom. The molecule has 0 spiro atoms. The van der Waals surface area contributed by atoms with Crippen molar-refractivity contribution in [1.82, 2.24) is 20.9 Å². The lowest BCUT2D eigenvalue weighted by molar-refractivity contribution is -0.118. The van der Waals surface area contributed by atoms with E-state index >= 15 is 0 Å². The second-order valence-corrected chi connectivity index (χ2v) is 11.1. The van der Waals surface area contributed by atoms with E-state index in [2.05, 4.69) is 60.7 Å². The number of carbonyl (C=O) groups is 1. The number of likely N-dealkylation sites (tertiary alicyclic amines) is 1. The number of carbonyl (C=O) groups excluding carboxylic acids is 1. The summed E-state index contributed by atoms with van der Waals surface area (Å²) < 4.78 is 11.6. The van der Waals surface area contributed by atoms with E-state index in [1.54, 1.807) is 7.11 Å². The van der Waals surface area contributed by atoms with Crippen molar-refractivity contribution in [2.24, 2.45) is 17.8 Å². The molecule has 8 nitrogen and oxygen atoms in total. The van der Waals surface area contributed by atoms with E-state index in [-0.39, 0.29) is 23.8 Å². The summed E-state index contributed by atoms with van der Waals surface area (Å²) in [7, 11) is 1.63. The minimum atomic E-state index is -0.780. The molecule has 2 aliphatic heterocycles. The third-order valence-electron chi connectivity index (χ3n) is 7.97. The van der Waals surface area contributed by atoms with Gasteiger partial charge in [-0.1, -0.05) is 13.8 Å². The molecule has 4 N–H and O–H groups in total. The Kier molecular flexibility index (Phi) is 11.3. The fourth-order valence-corrected chi connectivity index (χ4v) is 5.60. The summed E-state index contributed by atoms with van der Waals surface area (Å²) in [6.07, 6.45) is 8.23. The fourth-order valence-electron chi connectivity index (χ4n) is 5.60. The van der Waals surface area contributed by atoms with Crippen LogP contribution in [-0.2, 0) is 14.3 Å². The molecule has 3 aliphatic rings. The number of nitrogens with one attached hydrogen (secondary N) is 3. The highest BCUT2D eigenvalue weighted by atomic mass is 16.5. The third kappa shape index (κ3) is 7.42. The van der Waals surface area contributed by atoms with Gasteiger partial charge in [-0.05, 0) is 83.8 Å². The molecule has 0 bridgehead atoms. The summed E-state index contributed by atoms with van der Waals surface area (Å²) in [5.41, 5.74) is 3.67. The van der Waals surface area contributed by atoms with Crippen molar-refractivity contribution >= 4 is 5.91 Å². The number of aliphatic hydroxyl groups excluding tert-OH is 1. The van der Waals surface area contributed by atoms with Crippen molar-refractivity contribution in [1.29, 1.82) is 0 Å². The maximum Gasteiger partial charge on any atom is 0.248 e.